The third-order valence-electron chi connectivity index (χ3n) is 4.66. The molecule has 25 heavy (non-hydrogen) atoms. The summed E-state index contributed by atoms with van der Waals surface area (Å²) in [5.41, 5.74) is 0.647. The lowest BCUT2D eigenvalue weighted by Gasteiger charge is -2.33. The minimum Gasteiger partial charge on any atom is -0.390 e. The number of fused-ring (bicyclic) bond motifs is 1. The fourth-order valence-corrected chi connectivity index (χ4v) is 3.22. The van der Waals surface area contributed by atoms with Crippen LogP contribution in [0.3, 0.4) is 0 Å². The summed E-state index contributed by atoms with van der Waals surface area (Å²) in [6.07, 6.45) is 6.20. The molecule has 2 unspecified atom stereocenters. The summed E-state index contributed by atoms with van der Waals surface area (Å²) in [5, 5.41) is 16.0. The average molecular weight is 344 g/mol. The Hall–Kier alpha value is -2.21. The predicted octanol–water partition coefficient (Wildman–Crippen LogP) is 3.80. The molecule has 0 fully saturated rings. The molecule has 0 aliphatic carbocycles. The van der Waals surface area contributed by atoms with E-state index >= 15 is 0 Å². The molecule has 1 N–H and O–H groups in total. The number of hydrogen-bond donors (Lipinski definition) is 1. The highest BCUT2D eigenvalue weighted by Crippen LogP contribution is 2.31. The predicted molar refractivity (Wildman–Crippen MR) is 95.7 cm³/mol. The van der Waals surface area contributed by atoms with Crippen LogP contribution in [-0.2, 0) is 6.54 Å². The maximum absolute atomic E-state index is 13.5. The van der Waals surface area contributed by atoms with Crippen LogP contribution in [0.4, 0.5) is 4.39 Å². The fraction of sp³-hybridized carbons (Fsp3) is 0.474. The standard InChI is InChI=1S/C19H25FN4O/c1-19(2,3)18(25)16(24-13-21-12-22-24)5-4-9-23-10-8-14-6-7-15(20)11-17(14)23/h6-8,10-13,16,18,25H,4-5,9H2,1-3H3. The second kappa shape index (κ2) is 6.96. The molecule has 0 spiro atoms. The average Bonchev–Trinajstić information content (AvgIpc) is 3.20. The molecule has 5 nitrogen and oxygen atoms in total. The van der Waals surface area contributed by atoms with Crippen molar-refractivity contribution < 1.29 is 9.50 Å². The van der Waals surface area contributed by atoms with Gasteiger partial charge in [0.05, 0.1) is 17.7 Å². The number of aryl methyl sites for hydroxylation is 1. The molecule has 0 aliphatic rings. The highest BCUT2D eigenvalue weighted by molar-refractivity contribution is 5.80. The van der Waals surface area contributed by atoms with E-state index in [4.69, 9.17) is 0 Å². The summed E-state index contributed by atoms with van der Waals surface area (Å²) in [6, 6.07) is 6.69. The Morgan fingerprint density at radius 1 is 1.24 bits per heavy atom. The van der Waals surface area contributed by atoms with E-state index in [0.29, 0.717) is 0 Å². The van der Waals surface area contributed by atoms with Gasteiger partial charge < -0.3 is 9.67 Å². The second-order valence-electron chi connectivity index (χ2n) is 7.61. The van der Waals surface area contributed by atoms with Crippen LogP contribution in [0.25, 0.3) is 10.9 Å². The minimum absolute atomic E-state index is 0.138. The Morgan fingerprint density at radius 2 is 2.04 bits per heavy atom. The van der Waals surface area contributed by atoms with Crippen LogP contribution >= 0.6 is 0 Å². The van der Waals surface area contributed by atoms with E-state index < -0.39 is 6.10 Å². The number of nitrogens with zero attached hydrogens (tertiary/aromatic N) is 4. The Bertz CT molecular complexity index is 820. The van der Waals surface area contributed by atoms with Gasteiger partial charge in [0.2, 0.25) is 0 Å². The van der Waals surface area contributed by atoms with Gasteiger partial charge in [-0.15, -0.1) is 0 Å². The molecule has 0 amide bonds. The van der Waals surface area contributed by atoms with E-state index in [-0.39, 0.29) is 17.3 Å². The topological polar surface area (TPSA) is 55.9 Å². The molecule has 6 heteroatoms. The van der Waals surface area contributed by atoms with Gasteiger partial charge in [-0.2, -0.15) is 5.10 Å². The quantitative estimate of drug-likeness (QED) is 0.740. The summed E-state index contributed by atoms with van der Waals surface area (Å²) in [4.78, 5) is 4.01. The number of aliphatic hydroxyl groups excluding tert-OH is 1. The van der Waals surface area contributed by atoms with Crippen molar-refractivity contribution in [2.24, 2.45) is 5.41 Å². The van der Waals surface area contributed by atoms with Crippen LogP contribution < -0.4 is 0 Å². The Kier molecular flexibility index (Phi) is 4.90. The fourth-order valence-electron chi connectivity index (χ4n) is 3.22. The number of hydrogen-bond acceptors (Lipinski definition) is 3. The SMILES string of the molecule is CC(C)(C)C(O)C(CCCn1ccc2ccc(F)cc21)n1cncn1. The second-order valence-corrected chi connectivity index (χ2v) is 7.61. The number of benzene rings is 1. The van der Waals surface area contributed by atoms with Crippen LogP contribution in [-0.4, -0.2) is 30.5 Å². The van der Waals surface area contributed by atoms with Crippen LogP contribution in [0.1, 0.15) is 39.7 Å². The van der Waals surface area contributed by atoms with Crippen LogP contribution in [0.15, 0.2) is 43.1 Å². The third-order valence-corrected chi connectivity index (χ3v) is 4.66. The zero-order valence-electron chi connectivity index (χ0n) is 14.9. The summed E-state index contributed by atoms with van der Waals surface area (Å²) in [6.45, 7) is 6.81. The number of rotatable bonds is 6. The molecule has 0 bridgehead atoms. The molecule has 0 saturated heterocycles. The zero-order valence-corrected chi connectivity index (χ0v) is 14.9. The summed E-state index contributed by atoms with van der Waals surface area (Å²) >= 11 is 0. The van der Waals surface area contributed by atoms with Gasteiger partial charge in [-0.25, -0.2) is 14.1 Å². The molecule has 3 aromatic rings. The van der Waals surface area contributed by atoms with Crippen molar-refractivity contribution in [3.63, 3.8) is 0 Å². The summed E-state index contributed by atoms with van der Waals surface area (Å²) in [5.74, 6) is -0.226. The van der Waals surface area contributed by atoms with Crippen molar-refractivity contribution in [2.45, 2.75) is 52.3 Å². The minimum atomic E-state index is -0.534. The van der Waals surface area contributed by atoms with Crippen LogP contribution in [0.5, 0.6) is 0 Å². The van der Waals surface area contributed by atoms with Gasteiger partial charge in [0.15, 0.2) is 0 Å². The Labute approximate surface area is 147 Å². The van der Waals surface area contributed by atoms with Crippen molar-refractivity contribution in [1.82, 2.24) is 19.3 Å². The largest absolute Gasteiger partial charge is 0.390 e. The molecular weight excluding hydrogens is 319 g/mol. The van der Waals surface area contributed by atoms with E-state index in [1.54, 1.807) is 23.1 Å². The van der Waals surface area contributed by atoms with E-state index in [1.807, 2.05) is 33.0 Å². The van der Waals surface area contributed by atoms with E-state index in [9.17, 15) is 9.50 Å². The molecule has 3 rings (SSSR count). The maximum atomic E-state index is 13.5. The molecule has 0 aliphatic heterocycles. The lowest BCUT2D eigenvalue weighted by Crippen LogP contribution is -2.36. The highest BCUT2D eigenvalue weighted by Gasteiger charge is 2.31. The smallest absolute Gasteiger partial charge is 0.137 e. The van der Waals surface area contributed by atoms with E-state index in [0.717, 1.165) is 30.3 Å². The molecular formula is C19H25FN4O. The third kappa shape index (κ3) is 3.90. The number of halogens is 1. The number of aliphatic hydroxyl groups is 1. The first kappa shape index (κ1) is 17.6. The maximum Gasteiger partial charge on any atom is 0.137 e. The van der Waals surface area contributed by atoms with Gasteiger partial charge in [-0.3, -0.25) is 0 Å². The van der Waals surface area contributed by atoms with Crippen molar-refractivity contribution in [3.8, 4) is 0 Å². The van der Waals surface area contributed by atoms with Crippen molar-refractivity contribution in [3.05, 3.63) is 48.9 Å². The van der Waals surface area contributed by atoms with Gasteiger partial charge >= 0.3 is 0 Å². The number of aromatic nitrogens is 4. The van der Waals surface area contributed by atoms with Crippen molar-refractivity contribution >= 4 is 10.9 Å². The zero-order chi connectivity index (χ0) is 18.0. The molecule has 1 aromatic carbocycles. The molecule has 2 aromatic heterocycles. The lowest BCUT2D eigenvalue weighted by atomic mass is 9.83. The first-order valence-electron chi connectivity index (χ1n) is 8.63. The molecule has 0 saturated carbocycles. The lowest BCUT2D eigenvalue weighted by molar-refractivity contribution is 0.00834. The summed E-state index contributed by atoms with van der Waals surface area (Å²) < 4.78 is 17.3. The molecule has 0 radical (unpaired) electrons. The van der Waals surface area contributed by atoms with Gasteiger partial charge in [0.1, 0.15) is 18.5 Å². The van der Waals surface area contributed by atoms with Gasteiger partial charge in [-0.05, 0) is 47.9 Å². The van der Waals surface area contributed by atoms with E-state index in [2.05, 4.69) is 14.6 Å². The monoisotopic (exact) mass is 344 g/mol. The van der Waals surface area contributed by atoms with E-state index in [1.165, 1.54) is 12.4 Å². The van der Waals surface area contributed by atoms with Crippen molar-refractivity contribution in [2.75, 3.05) is 0 Å². The molecule has 2 heterocycles. The van der Waals surface area contributed by atoms with Crippen LogP contribution in [0, 0.1) is 11.2 Å². The summed E-state index contributed by atoms with van der Waals surface area (Å²) in [7, 11) is 0. The highest BCUT2D eigenvalue weighted by atomic mass is 19.1. The molecule has 134 valence electrons. The Morgan fingerprint density at radius 3 is 2.72 bits per heavy atom. The first-order valence-corrected chi connectivity index (χ1v) is 8.63. The molecule has 2 atom stereocenters. The van der Waals surface area contributed by atoms with Gasteiger partial charge in [0, 0.05) is 12.7 Å². The van der Waals surface area contributed by atoms with Gasteiger partial charge in [0.25, 0.3) is 0 Å². The van der Waals surface area contributed by atoms with Gasteiger partial charge in [-0.1, -0.05) is 20.8 Å². The van der Waals surface area contributed by atoms with Crippen LogP contribution in [0.2, 0.25) is 0 Å². The Balaban J connectivity index is 1.72. The van der Waals surface area contributed by atoms with Crippen molar-refractivity contribution in [1.29, 1.82) is 0 Å². The first-order chi connectivity index (χ1) is 11.9. The normalized spacial score (nSPS) is 14.8.